The number of carbonyl (C=O) groups excluding carboxylic acids is 1. The van der Waals surface area contributed by atoms with Crippen molar-refractivity contribution in [3.05, 3.63) is 33.7 Å². The van der Waals surface area contributed by atoms with Gasteiger partial charge in [-0.15, -0.1) is 0 Å². The van der Waals surface area contributed by atoms with Gasteiger partial charge >= 0.3 is 5.97 Å². The second kappa shape index (κ2) is 5.48. The molecule has 1 amide bonds. The third-order valence-corrected chi connectivity index (χ3v) is 3.86. The summed E-state index contributed by atoms with van der Waals surface area (Å²) in [5.41, 5.74) is -0.0319. The zero-order valence-corrected chi connectivity index (χ0v) is 11.4. The summed E-state index contributed by atoms with van der Waals surface area (Å²) in [4.78, 5) is 37.0. The Kier molecular flexibility index (Phi) is 3.92. The number of carbonyl (C=O) groups is 2. The van der Waals surface area contributed by atoms with Crippen LogP contribution in [0.15, 0.2) is 16.9 Å². The zero-order valence-electron chi connectivity index (χ0n) is 11.4. The fraction of sp³-hybridized carbons (Fsp3) is 0.500. The number of aromatic amines is 1. The molecule has 0 atom stereocenters. The summed E-state index contributed by atoms with van der Waals surface area (Å²) in [5.74, 6) is -1.31. The normalized spacial score (nSPS) is 16.2. The number of nitrogens with one attached hydrogen (secondary N) is 2. The Morgan fingerprint density at radius 2 is 2.10 bits per heavy atom. The summed E-state index contributed by atoms with van der Waals surface area (Å²) in [6, 6.07) is 3.14. The van der Waals surface area contributed by atoms with E-state index in [4.69, 9.17) is 5.11 Å². The van der Waals surface area contributed by atoms with Crippen molar-refractivity contribution in [2.24, 2.45) is 5.41 Å². The van der Waals surface area contributed by atoms with E-state index in [-0.39, 0.29) is 17.4 Å². The molecule has 0 unspecified atom stereocenters. The number of hydrogen-bond donors (Lipinski definition) is 3. The van der Waals surface area contributed by atoms with Gasteiger partial charge in [-0.05, 0) is 37.3 Å². The molecular weight excluding hydrogens is 260 g/mol. The maximum atomic E-state index is 12.0. The monoisotopic (exact) mass is 278 g/mol. The summed E-state index contributed by atoms with van der Waals surface area (Å²) in [5, 5.41) is 11.6. The summed E-state index contributed by atoms with van der Waals surface area (Å²) in [6.07, 6.45) is 2.62. The molecule has 6 heteroatoms. The van der Waals surface area contributed by atoms with Crippen LogP contribution in [0.25, 0.3) is 0 Å². The van der Waals surface area contributed by atoms with Gasteiger partial charge in [0.05, 0.1) is 6.42 Å². The number of aromatic nitrogens is 1. The van der Waals surface area contributed by atoms with Crippen molar-refractivity contribution >= 4 is 11.9 Å². The van der Waals surface area contributed by atoms with Gasteiger partial charge in [0.1, 0.15) is 5.56 Å². The van der Waals surface area contributed by atoms with E-state index in [0.29, 0.717) is 12.2 Å². The molecule has 0 aliphatic heterocycles. The molecule has 108 valence electrons. The predicted molar refractivity (Wildman–Crippen MR) is 72.7 cm³/mol. The largest absolute Gasteiger partial charge is 0.481 e. The van der Waals surface area contributed by atoms with Crippen LogP contribution in [0.3, 0.4) is 0 Å². The maximum Gasteiger partial charge on any atom is 0.303 e. The summed E-state index contributed by atoms with van der Waals surface area (Å²) in [6.45, 7) is 2.03. The molecule has 20 heavy (non-hydrogen) atoms. The molecule has 3 N–H and O–H groups in total. The highest BCUT2D eigenvalue weighted by Crippen LogP contribution is 2.43. The Morgan fingerprint density at radius 1 is 1.40 bits per heavy atom. The van der Waals surface area contributed by atoms with Crippen LogP contribution >= 0.6 is 0 Å². The van der Waals surface area contributed by atoms with Crippen LogP contribution in [-0.2, 0) is 4.79 Å². The topological polar surface area (TPSA) is 99.3 Å². The number of amides is 1. The minimum absolute atomic E-state index is 0.0531. The average molecular weight is 278 g/mol. The first kappa shape index (κ1) is 14.3. The van der Waals surface area contributed by atoms with Crippen LogP contribution in [0, 0.1) is 12.3 Å². The van der Waals surface area contributed by atoms with Crippen molar-refractivity contribution < 1.29 is 14.7 Å². The van der Waals surface area contributed by atoms with Crippen molar-refractivity contribution in [3.8, 4) is 0 Å². The summed E-state index contributed by atoms with van der Waals surface area (Å²) in [7, 11) is 0. The average Bonchev–Trinajstić information content (AvgIpc) is 2.31. The third-order valence-electron chi connectivity index (χ3n) is 3.86. The van der Waals surface area contributed by atoms with E-state index in [1.54, 1.807) is 13.0 Å². The van der Waals surface area contributed by atoms with Gasteiger partial charge in [-0.2, -0.15) is 0 Å². The highest BCUT2D eigenvalue weighted by molar-refractivity contribution is 5.93. The lowest BCUT2D eigenvalue weighted by Gasteiger charge is -2.40. The molecule has 1 aliphatic rings. The van der Waals surface area contributed by atoms with Gasteiger partial charge in [0.15, 0.2) is 0 Å². The lowest BCUT2D eigenvalue weighted by atomic mass is 9.66. The number of carboxylic acid groups (broad SMARTS) is 1. The Hall–Kier alpha value is -2.11. The van der Waals surface area contributed by atoms with Crippen LogP contribution in [0.2, 0.25) is 0 Å². The standard InChI is InChI=1S/C14H18N2O4/c1-9-3-4-10(13(20)16-9)12(19)15-8-14(5-2-6-14)7-11(17)18/h3-4H,2,5-8H2,1H3,(H,15,19)(H,16,20)(H,17,18). The number of hydrogen-bond acceptors (Lipinski definition) is 3. The Balaban J connectivity index is 2.01. The van der Waals surface area contributed by atoms with E-state index in [1.807, 2.05) is 0 Å². The number of pyridine rings is 1. The first-order chi connectivity index (χ1) is 9.42. The minimum atomic E-state index is -0.855. The number of carboxylic acids is 1. The molecular formula is C14H18N2O4. The zero-order chi connectivity index (χ0) is 14.8. The lowest BCUT2D eigenvalue weighted by Crippen LogP contribution is -2.44. The Morgan fingerprint density at radius 3 is 2.60 bits per heavy atom. The molecule has 0 spiro atoms. The molecule has 6 nitrogen and oxygen atoms in total. The van der Waals surface area contributed by atoms with Gasteiger partial charge in [-0.1, -0.05) is 6.42 Å². The Bertz CT molecular complexity index is 587. The van der Waals surface area contributed by atoms with Crippen LogP contribution in [0.5, 0.6) is 0 Å². The van der Waals surface area contributed by atoms with E-state index >= 15 is 0 Å². The molecule has 1 aromatic rings. The highest BCUT2D eigenvalue weighted by atomic mass is 16.4. The fourth-order valence-electron chi connectivity index (χ4n) is 2.53. The van der Waals surface area contributed by atoms with Crippen molar-refractivity contribution in [1.29, 1.82) is 0 Å². The number of aliphatic carboxylic acids is 1. The van der Waals surface area contributed by atoms with E-state index in [1.165, 1.54) is 6.07 Å². The SMILES string of the molecule is Cc1ccc(C(=O)NCC2(CC(=O)O)CCC2)c(=O)[nH]1. The van der Waals surface area contributed by atoms with E-state index in [9.17, 15) is 14.4 Å². The second-order valence-corrected chi connectivity index (χ2v) is 5.49. The van der Waals surface area contributed by atoms with Crippen LogP contribution in [-0.4, -0.2) is 28.5 Å². The van der Waals surface area contributed by atoms with Crippen molar-refractivity contribution in [3.63, 3.8) is 0 Å². The molecule has 0 aromatic carbocycles. The van der Waals surface area contributed by atoms with Crippen LogP contribution in [0.4, 0.5) is 0 Å². The van der Waals surface area contributed by atoms with Crippen LogP contribution < -0.4 is 10.9 Å². The van der Waals surface area contributed by atoms with Crippen LogP contribution in [0.1, 0.15) is 41.7 Å². The smallest absolute Gasteiger partial charge is 0.303 e. The molecule has 1 fully saturated rings. The van der Waals surface area contributed by atoms with E-state index in [2.05, 4.69) is 10.3 Å². The molecule has 0 saturated heterocycles. The van der Waals surface area contributed by atoms with Crippen molar-refractivity contribution in [2.75, 3.05) is 6.54 Å². The van der Waals surface area contributed by atoms with Gasteiger partial charge in [-0.25, -0.2) is 0 Å². The highest BCUT2D eigenvalue weighted by Gasteiger charge is 2.39. The molecule has 0 bridgehead atoms. The number of H-pyrrole nitrogens is 1. The first-order valence-electron chi connectivity index (χ1n) is 6.62. The Labute approximate surface area is 116 Å². The number of rotatable bonds is 5. The lowest BCUT2D eigenvalue weighted by molar-refractivity contribution is -0.141. The predicted octanol–water partition coefficient (Wildman–Crippen LogP) is 1.06. The molecule has 1 aliphatic carbocycles. The third kappa shape index (κ3) is 3.07. The van der Waals surface area contributed by atoms with E-state index < -0.39 is 17.4 Å². The second-order valence-electron chi connectivity index (χ2n) is 5.49. The summed E-state index contributed by atoms with van der Waals surface area (Å²) < 4.78 is 0. The van der Waals surface area contributed by atoms with E-state index in [0.717, 1.165) is 19.3 Å². The molecule has 2 rings (SSSR count). The van der Waals surface area contributed by atoms with Gasteiger partial charge in [-0.3, -0.25) is 14.4 Å². The number of aryl methyl sites for hydroxylation is 1. The maximum absolute atomic E-state index is 12.0. The first-order valence-corrected chi connectivity index (χ1v) is 6.62. The van der Waals surface area contributed by atoms with Gasteiger partial charge < -0.3 is 15.4 Å². The van der Waals surface area contributed by atoms with Gasteiger partial charge in [0.25, 0.3) is 11.5 Å². The van der Waals surface area contributed by atoms with Crippen molar-refractivity contribution in [2.45, 2.75) is 32.6 Å². The molecule has 0 radical (unpaired) electrons. The van der Waals surface area contributed by atoms with Crippen molar-refractivity contribution in [1.82, 2.24) is 10.3 Å². The molecule has 1 aromatic heterocycles. The molecule has 1 heterocycles. The van der Waals surface area contributed by atoms with Gasteiger partial charge in [0, 0.05) is 12.2 Å². The van der Waals surface area contributed by atoms with Gasteiger partial charge in [0.2, 0.25) is 0 Å². The minimum Gasteiger partial charge on any atom is -0.481 e. The summed E-state index contributed by atoms with van der Waals surface area (Å²) >= 11 is 0. The fourth-order valence-corrected chi connectivity index (χ4v) is 2.53. The quantitative estimate of drug-likeness (QED) is 0.749. The molecule has 1 saturated carbocycles.